The van der Waals surface area contributed by atoms with Crippen molar-refractivity contribution in [3.63, 3.8) is 0 Å². The van der Waals surface area contributed by atoms with Gasteiger partial charge in [0.15, 0.2) is 0 Å². The predicted octanol–water partition coefficient (Wildman–Crippen LogP) is 3.41. The lowest BCUT2D eigenvalue weighted by molar-refractivity contribution is 0.0610. The van der Waals surface area contributed by atoms with Crippen LogP contribution < -0.4 is 5.32 Å². The molecule has 24 heavy (non-hydrogen) atoms. The second-order valence-corrected chi connectivity index (χ2v) is 5.89. The first-order valence-electron chi connectivity index (χ1n) is 8.31. The maximum absolute atomic E-state index is 13.2. The summed E-state index contributed by atoms with van der Waals surface area (Å²) in [7, 11) is 0. The summed E-state index contributed by atoms with van der Waals surface area (Å²) in [6.45, 7) is 3.38. The van der Waals surface area contributed by atoms with E-state index in [4.69, 9.17) is 0 Å². The molecule has 1 aromatic carbocycles. The summed E-state index contributed by atoms with van der Waals surface area (Å²) < 4.78 is 13.2. The minimum Gasteiger partial charge on any atom is -0.355 e. The van der Waals surface area contributed by atoms with Gasteiger partial charge in [0.2, 0.25) is 5.95 Å². The monoisotopic (exact) mass is 328 g/mol. The van der Waals surface area contributed by atoms with Crippen molar-refractivity contribution in [2.75, 3.05) is 18.4 Å². The normalized spacial score (nSPS) is 17.6. The summed E-state index contributed by atoms with van der Waals surface area (Å²) in [6, 6.07) is 6.38. The lowest BCUT2D eigenvalue weighted by atomic mass is 9.94. The Morgan fingerprint density at radius 3 is 2.62 bits per heavy atom. The van der Waals surface area contributed by atoms with Gasteiger partial charge in [-0.1, -0.05) is 12.1 Å². The van der Waals surface area contributed by atoms with Crippen LogP contribution in [0.3, 0.4) is 0 Å². The molecule has 1 aliphatic rings. The van der Waals surface area contributed by atoms with Crippen molar-refractivity contribution in [3.05, 3.63) is 53.6 Å². The molecule has 2 heterocycles. The van der Waals surface area contributed by atoms with Gasteiger partial charge in [0.25, 0.3) is 5.91 Å². The average Bonchev–Trinajstić information content (AvgIpc) is 2.63. The van der Waals surface area contributed by atoms with Crippen LogP contribution in [0.15, 0.2) is 36.7 Å². The van der Waals surface area contributed by atoms with Crippen LogP contribution in [0.1, 0.15) is 48.1 Å². The van der Waals surface area contributed by atoms with E-state index in [1.54, 1.807) is 24.5 Å². The van der Waals surface area contributed by atoms with Crippen LogP contribution in [0.5, 0.6) is 0 Å². The Morgan fingerprint density at radius 1 is 1.25 bits per heavy atom. The van der Waals surface area contributed by atoms with E-state index in [0.29, 0.717) is 18.1 Å². The largest absolute Gasteiger partial charge is 0.355 e. The molecule has 0 saturated carbocycles. The summed E-state index contributed by atoms with van der Waals surface area (Å²) in [6.07, 6.45) is 6.03. The fourth-order valence-corrected chi connectivity index (χ4v) is 3.06. The highest BCUT2D eigenvalue weighted by molar-refractivity contribution is 5.94. The quantitative estimate of drug-likeness (QED) is 0.934. The number of likely N-dealkylation sites (tertiary alicyclic amines) is 1. The molecule has 1 amide bonds. The van der Waals surface area contributed by atoms with E-state index in [9.17, 15) is 9.18 Å². The van der Waals surface area contributed by atoms with Gasteiger partial charge >= 0.3 is 0 Å². The van der Waals surface area contributed by atoms with E-state index in [2.05, 4.69) is 15.3 Å². The SMILES string of the molecule is CCNc1ncc(C(=O)N2CCCC[C@@H]2c2ccc(F)cc2)cn1. The van der Waals surface area contributed by atoms with Gasteiger partial charge in [-0.25, -0.2) is 14.4 Å². The van der Waals surface area contributed by atoms with Crippen molar-refractivity contribution < 1.29 is 9.18 Å². The fraction of sp³-hybridized carbons (Fsp3) is 0.389. The minimum atomic E-state index is -0.264. The van der Waals surface area contributed by atoms with E-state index in [-0.39, 0.29) is 17.8 Å². The zero-order valence-electron chi connectivity index (χ0n) is 13.7. The Labute approximate surface area is 140 Å². The highest BCUT2D eigenvalue weighted by Crippen LogP contribution is 2.32. The van der Waals surface area contributed by atoms with Crippen LogP contribution in [0.4, 0.5) is 10.3 Å². The number of benzene rings is 1. The molecule has 0 unspecified atom stereocenters. The molecule has 6 heteroatoms. The van der Waals surface area contributed by atoms with E-state index >= 15 is 0 Å². The van der Waals surface area contributed by atoms with E-state index in [0.717, 1.165) is 31.4 Å². The Bertz CT molecular complexity index is 687. The molecule has 2 aromatic rings. The van der Waals surface area contributed by atoms with Crippen molar-refractivity contribution in [1.29, 1.82) is 0 Å². The number of nitrogens with zero attached hydrogens (tertiary/aromatic N) is 3. The van der Waals surface area contributed by atoms with Gasteiger partial charge in [-0.3, -0.25) is 4.79 Å². The summed E-state index contributed by atoms with van der Waals surface area (Å²) in [5, 5.41) is 3.01. The molecular weight excluding hydrogens is 307 g/mol. The predicted molar refractivity (Wildman–Crippen MR) is 90.2 cm³/mol. The molecule has 126 valence electrons. The first-order chi connectivity index (χ1) is 11.7. The van der Waals surface area contributed by atoms with Crippen LogP contribution in [-0.2, 0) is 0 Å². The second kappa shape index (κ2) is 7.38. The molecule has 1 fully saturated rings. The van der Waals surface area contributed by atoms with Crippen molar-refractivity contribution in [1.82, 2.24) is 14.9 Å². The summed E-state index contributed by atoms with van der Waals surface area (Å²) in [5.74, 6) is 0.176. The maximum Gasteiger partial charge on any atom is 0.257 e. The zero-order valence-corrected chi connectivity index (χ0v) is 13.7. The van der Waals surface area contributed by atoms with Gasteiger partial charge in [0.1, 0.15) is 5.82 Å². The van der Waals surface area contributed by atoms with Crippen molar-refractivity contribution in [2.45, 2.75) is 32.2 Å². The maximum atomic E-state index is 13.2. The third-order valence-electron chi connectivity index (χ3n) is 4.25. The number of hydrogen-bond acceptors (Lipinski definition) is 4. The zero-order chi connectivity index (χ0) is 16.9. The molecule has 1 aliphatic heterocycles. The lowest BCUT2D eigenvalue weighted by Gasteiger charge is -2.36. The second-order valence-electron chi connectivity index (χ2n) is 5.89. The molecule has 5 nitrogen and oxygen atoms in total. The minimum absolute atomic E-state index is 0.0275. The van der Waals surface area contributed by atoms with Crippen molar-refractivity contribution in [3.8, 4) is 0 Å². The molecule has 0 bridgehead atoms. The fourth-order valence-electron chi connectivity index (χ4n) is 3.06. The number of carbonyl (C=O) groups excluding carboxylic acids is 1. The average molecular weight is 328 g/mol. The first kappa shape index (κ1) is 16.4. The summed E-state index contributed by atoms with van der Waals surface area (Å²) in [4.78, 5) is 23.1. The third kappa shape index (κ3) is 3.53. The molecule has 1 atom stereocenters. The van der Waals surface area contributed by atoms with E-state index in [1.165, 1.54) is 12.1 Å². The van der Waals surface area contributed by atoms with Gasteiger partial charge in [-0.2, -0.15) is 0 Å². The number of aromatic nitrogens is 2. The molecular formula is C18H21FN4O. The van der Waals surface area contributed by atoms with Crippen LogP contribution >= 0.6 is 0 Å². The Kier molecular flexibility index (Phi) is 5.03. The number of anilines is 1. The smallest absolute Gasteiger partial charge is 0.257 e. The molecule has 1 aromatic heterocycles. The number of halogens is 1. The number of carbonyl (C=O) groups is 1. The van der Waals surface area contributed by atoms with Crippen LogP contribution in [-0.4, -0.2) is 33.9 Å². The van der Waals surface area contributed by atoms with Crippen molar-refractivity contribution >= 4 is 11.9 Å². The molecule has 0 aliphatic carbocycles. The molecule has 0 radical (unpaired) electrons. The van der Waals surface area contributed by atoms with E-state index in [1.807, 2.05) is 11.8 Å². The molecule has 0 spiro atoms. The molecule has 1 N–H and O–H groups in total. The Balaban J connectivity index is 1.81. The van der Waals surface area contributed by atoms with Gasteiger partial charge in [-0.15, -0.1) is 0 Å². The number of amides is 1. The highest BCUT2D eigenvalue weighted by Gasteiger charge is 2.29. The standard InChI is InChI=1S/C18H21FN4O/c1-2-20-18-21-11-14(12-22-18)17(24)23-10-4-3-5-16(23)13-6-8-15(19)9-7-13/h6-9,11-12,16H,2-5,10H2,1H3,(H,20,21,22)/t16-/m1/s1. The summed E-state index contributed by atoms with van der Waals surface area (Å²) >= 11 is 0. The van der Waals surface area contributed by atoms with E-state index < -0.39 is 0 Å². The highest BCUT2D eigenvalue weighted by atomic mass is 19.1. The molecule has 1 saturated heterocycles. The number of hydrogen-bond donors (Lipinski definition) is 1. The van der Waals surface area contributed by atoms with Crippen molar-refractivity contribution in [2.24, 2.45) is 0 Å². The number of piperidine rings is 1. The van der Waals surface area contributed by atoms with Gasteiger partial charge in [0.05, 0.1) is 11.6 Å². The summed E-state index contributed by atoms with van der Waals surface area (Å²) in [5.41, 5.74) is 1.44. The van der Waals surface area contributed by atoms with Gasteiger partial charge < -0.3 is 10.2 Å². The van der Waals surface area contributed by atoms with Crippen LogP contribution in [0.25, 0.3) is 0 Å². The topological polar surface area (TPSA) is 58.1 Å². The third-order valence-corrected chi connectivity index (χ3v) is 4.25. The lowest BCUT2D eigenvalue weighted by Crippen LogP contribution is -2.38. The van der Waals surface area contributed by atoms with Crippen LogP contribution in [0, 0.1) is 5.82 Å². The number of rotatable bonds is 4. The number of nitrogens with one attached hydrogen (secondary N) is 1. The first-order valence-corrected chi connectivity index (χ1v) is 8.31. The Hall–Kier alpha value is -2.50. The Morgan fingerprint density at radius 2 is 1.96 bits per heavy atom. The van der Waals surface area contributed by atoms with Crippen LogP contribution in [0.2, 0.25) is 0 Å². The molecule has 3 rings (SSSR count). The van der Waals surface area contributed by atoms with Gasteiger partial charge in [0, 0.05) is 25.5 Å². The van der Waals surface area contributed by atoms with Gasteiger partial charge in [-0.05, 0) is 43.9 Å².